The Morgan fingerprint density at radius 3 is 2.64 bits per heavy atom. The number of benzene rings is 2. The highest BCUT2D eigenvalue weighted by molar-refractivity contribution is 6.10. The van der Waals surface area contributed by atoms with Crippen LogP contribution in [0.1, 0.15) is 30.0 Å². The van der Waals surface area contributed by atoms with Crippen LogP contribution in [-0.4, -0.2) is 34.6 Å². The lowest BCUT2D eigenvalue weighted by molar-refractivity contribution is -0.118. The number of amides is 2. The first kappa shape index (κ1) is 20.8. The van der Waals surface area contributed by atoms with Gasteiger partial charge in [-0.3, -0.25) is 9.59 Å². The first-order valence-electron chi connectivity index (χ1n) is 10.8. The van der Waals surface area contributed by atoms with Crippen molar-refractivity contribution in [2.45, 2.75) is 26.8 Å². The van der Waals surface area contributed by atoms with Gasteiger partial charge in [-0.05, 0) is 37.1 Å². The molecule has 3 heterocycles. The van der Waals surface area contributed by atoms with E-state index in [4.69, 9.17) is 9.47 Å². The van der Waals surface area contributed by atoms with Crippen molar-refractivity contribution >= 4 is 39.3 Å². The molecule has 3 N–H and O–H groups in total. The van der Waals surface area contributed by atoms with Crippen LogP contribution in [0.2, 0.25) is 0 Å². The van der Waals surface area contributed by atoms with Gasteiger partial charge in [-0.25, -0.2) is 4.98 Å². The fraction of sp³-hybridized carbons (Fsp3) is 0.240. The molecule has 8 heteroatoms. The minimum atomic E-state index is -0.747. The second-order valence-corrected chi connectivity index (χ2v) is 8.44. The third kappa shape index (κ3) is 3.84. The summed E-state index contributed by atoms with van der Waals surface area (Å²) < 4.78 is 10.7. The summed E-state index contributed by atoms with van der Waals surface area (Å²) in [5, 5.41) is 7.66. The van der Waals surface area contributed by atoms with Gasteiger partial charge in [0.1, 0.15) is 11.7 Å². The number of anilines is 1. The van der Waals surface area contributed by atoms with Crippen LogP contribution in [0.15, 0.2) is 48.5 Å². The number of hydrogen-bond acceptors (Lipinski definition) is 5. The van der Waals surface area contributed by atoms with Crippen LogP contribution in [0, 0.1) is 12.8 Å². The second kappa shape index (κ2) is 8.12. The van der Waals surface area contributed by atoms with Crippen LogP contribution in [0.3, 0.4) is 0 Å². The Bertz CT molecular complexity index is 1390. The number of para-hydroxylation sites is 1. The summed E-state index contributed by atoms with van der Waals surface area (Å²) in [5.74, 6) is 0.355. The van der Waals surface area contributed by atoms with Crippen LogP contribution < -0.4 is 20.1 Å². The first-order valence-corrected chi connectivity index (χ1v) is 10.8. The van der Waals surface area contributed by atoms with Crippen molar-refractivity contribution in [2.24, 2.45) is 5.92 Å². The van der Waals surface area contributed by atoms with Crippen LogP contribution >= 0.6 is 0 Å². The molecule has 0 radical (unpaired) electrons. The maximum absolute atomic E-state index is 13.1. The molecule has 4 aromatic rings. The molecule has 0 spiro atoms. The molecule has 2 aromatic carbocycles. The van der Waals surface area contributed by atoms with Gasteiger partial charge >= 0.3 is 0 Å². The summed E-state index contributed by atoms with van der Waals surface area (Å²) in [7, 11) is 0. The van der Waals surface area contributed by atoms with Gasteiger partial charge in [0, 0.05) is 28.0 Å². The van der Waals surface area contributed by atoms with E-state index in [1.54, 1.807) is 24.3 Å². The zero-order valence-corrected chi connectivity index (χ0v) is 18.6. The van der Waals surface area contributed by atoms with E-state index >= 15 is 0 Å². The number of aromatic nitrogens is 2. The summed E-state index contributed by atoms with van der Waals surface area (Å²) in [5.41, 5.74) is 3.44. The van der Waals surface area contributed by atoms with E-state index in [0.29, 0.717) is 17.2 Å². The van der Waals surface area contributed by atoms with E-state index in [0.717, 1.165) is 27.5 Å². The number of nitrogens with one attached hydrogen (secondary N) is 3. The Hall–Kier alpha value is -4.07. The molecule has 2 aromatic heterocycles. The van der Waals surface area contributed by atoms with Crippen molar-refractivity contribution in [3.63, 3.8) is 0 Å². The lowest BCUT2D eigenvalue weighted by Crippen LogP contribution is -2.47. The Balaban J connectivity index is 1.39. The van der Waals surface area contributed by atoms with Crippen LogP contribution in [0.4, 0.5) is 5.69 Å². The van der Waals surface area contributed by atoms with Crippen molar-refractivity contribution in [2.75, 3.05) is 12.1 Å². The number of pyridine rings is 1. The van der Waals surface area contributed by atoms with Crippen molar-refractivity contribution in [1.29, 1.82) is 0 Å². The molecule has 0 bridgehead atoms. The summed E-state index contributed by atoms with van der Waals surface area (Å²) >= 11 is 0. The molecule has 1 aliphatic heterocycles. The van der Waals surface area contributed by atoms with Gasteiger partial charge in [0.15, 0.2) is 11.5 Å². The molecule has 1 unspecified atom stereocenters. The number of carbonyl (C=O) groups excluding carboxylic acids is 2. The second-order valence-electron chi connectivity index (χ2n) is 8.44. The number of fused-ring (bicyclic) bond motifs is 4. The van der Waals surface area contributed by atoms with Gasteiger partial charge in [-0.2, -0.15) is 0 Å². The van der Waals surface area contributed by atoms with Crippen molar-refractivity contribution in [3.8, 4) is 11.5 Å². The molecule has 1 atom stereocenters. The zero-order valence-electron chi connectivity index (χ0n) is 18.6. The predicted octanol–water partition coefficient (Wildman–Crippen LogP) is 4.15. The molecule has 33 heavy (non-hydrogen) atoms. The number of ether oxygens (including phenoxy) is 2. The first-order chi connectivity index (χ1) is 15.9. The number of hydrogen-bond donors (Lipinski definition) is 3. The number of carbonyl (C=O) groups is 2. The molecule has 1 aliphatic rings. The summed E-state index contributed by atoms with van der Waals surface area (Å²) in [6.07, 6.45) is 0. The number of aryl methyl sites for hydroxylation is 1. The van der Waals surface area contributed by atoms with E-state index < -0.39 is 11.9 Å². The topological polar surface area (TPSA) is 105 Å². The molecule has 5 rings (SSSR count). The normalized spacial score (nSPS) is 13.5. The summed E-state index contributed by atoms with van der Waals surface area (Å²) in [6, 6.07) is 14.1. The monoisotopic (exact) mass is 444 g/mol. The van der Waals surface area contributed by atoms with E-state index in [2.05, 4.69) is 20.6 Å². The molecule has 2 amide bonds. The molecular formula is C25H24N4O4. The Morgan fingerprint density at radius 2 is 1.82 bits per heavy atom. The minimum Gasteiger partial charge on any atom is -0.454 e. The van der Waals surface area contributed by atoms with E-state index in [9.17, 15) is 9.59 Å². The maximum Gasteiger partial charge on any atom is 0.270 e. The number of aromatic amines is 1. The minimum absolute atomic E-state index is 0.138. The van der Waals surface area contributed by atoms with Gasteiger partial charge in [-0.15, -0.1) is 0 Å². The summed E-state index contributed by atoms with van der Waals surface area (Å²) in [6.45, 7) is 5.78. The van der Waals surface area contributed by atoms with Gasteiger partial charge in [0.05, 0.1) is 11.2 Å². The third-order valence-electron chi connectivity index (χ3n) is 5.79. The Morgan fingerprint density at radius 1 is 1.03 bits per heavy atom. The van der Waals surface area contributed by atoms with Crippen LogP contribution in [0.25, 0.3) is 21.8 Å². The van der Waals surface area contributed by atoms with Crippen molar-refractivity contribution in [3.05, 3.63) is 59.9 Å². The van der Waals surface area contributed by atoms with E-state index in [1.807, 2.05) is 45.0 Å². The SMILES string of the molecule is Cc1nc(C(=O)NC(C(=O)Nc2ccc3c(c2)OCO3)C(C)C)cc2c1[nH]c1ccccc12. The molecular weight excluding hydrogens is 420 g/mol. The summed E-state index contributed by atoms with van der Waals surface area (Å²) in [4.78, 5) is 34.0. The van der Waals surface area contributed by atoms with Gasteiger partial charge in [0.25, 0.3) is 5.91 Å². The quantitative estimate of drug-likeness (QED) is 0.429. The largest absolute Gasteiger partial charge is 0.454 e. The van der Waals surface area contributed by atoms with Crippen molar-refractivity contribution < 1.29 is 19.1 Å². The third-order valence-corrected chi connectivity index (χ3v) is 5.79. The van der Waals surface area contributed by atoms with Crippen LogP contribution in [0.5, 0.6) is 11.5 Å². The Labute approximate surface area is 190 Å². The van der Waals surface area contributed by atoms with Gasteiger partial charge < -0.3 is 25.1 Å². The lowest BCUT2D eigenvalue weighted by Gasteiger charge is -2.21. The molecule has 168 valence electrons. The highest BCUT2D eigenvalue weighted by Crippen LogP contribution is 2.34. The number of rotatable bonds is 5. The number of H-pyrrole nitrogens is 1. The predicted molar refractivity (Wildman–Crippen MR) is 126 cm³/mol. The fourth-order valence-electron chi connectivity index (χ4n) is 4.07. The average Bonchev–Trinajstić information content (AvgIpc) is 3.41. The standard InChI is InChI=1S/C25H24N4O4/c1-13(2)22(25(31)27-15-8-9-20-21(10-15)33-12-32-20)29-24(30)19-11-17-16-6-4-5-7-18(16)28-23(17)14(3)26-19/h4-11,13,22,28H,12H2,1-3H3,(H,27,31)(H,29,30). The molecule has 0 saturated carbocycles. The van der Waals surface area contributed by atoms with E-state index in [-0.39, 0.29) is 24.3 Å². The maximum atomic E-state index is 13.1. The molecule has 0 fully saturated rings. The molecule has 0 aliphatic carbocycles. The van der Waals surface area contributed by atoms with Crippen LogP contribution in [-0.2, 0) is 4.79 Å². The fourth-order valence-corrected chi connectivity index (χ4v) is 4.07. The molecule has 0 saturated heterocycles. The average molecular weight is 444 g/mol. The smallest absolute Gasteiger partial charge is 0.270 e. The van der Waals surface area contributed by atoms with Crippen molar-refractivity contribution in [1.82, 2.24) is 15.3 Å². The Kier molecular flexibility index (Phi) is 5.12. The highest BCUT2D eigenvalue weighted by atomic mass is 16.7. The zero-order chi connectivity index (χ0) is 23.1. The van der Waals surface area contributed by atoms with E-state index in [1.165, 1.54) is 0 Å². The highest BCUT2D eigenvalue weighted by Gasteiger charge is 2.26. The lowest BCUT2D eigenvalue weighted by atomic mass is 10.0. The number of nitrogens with zero attached hydrogens (tertiary/aromatic N) is 1. The molecule has 8 nitrogen and oxygen atoms in total. The van der Waals surface area contributed by atoms with Gasteiger partial charge in [-0.1, -0.05) is 32.0 Å². The van der Waals surface area contributed by atoms with Gasteiger partial charge in [0.2, 0.25) is 12.7 Å².